The van der Waals surface area contributed by atoms with Gasteiger partial charge in [0, 0.05) is 10.3 Å². The third kappa shape index (κ3) is 2.78. The van der Waals surface area contributed by atoms with Crippen LogP contribution < -0.4 is 5.32 Å². The van der Waals surface area contributed by atoms with Crippen molar-refractivity contribution in [1.29, 1.82) is 0 Å². The molecule has 24 heavy (non-hydrogen) atoms. The Bertz CT molecular complexity index is 927. The molecule has 4 nitrogen and oxygen atoms in total. The van der Waals surface area contributed by atoms with Gasteiger partial charge < -0.3 is 0 Å². The number of nitrogens with one attached hydrogen (secondary N) is 1. The predicted octanol–water partition coefficient (Wildman–Crippen LogP) is 4.27. The number of anilines is 1. The van der Waals surface area contributed by atoms with Gasteiger partial charge in [-0.05, 0) is 56.9 Å². The zero-order chi connectivity index (χ0) is 16.7. The highest BCUT2D eigenvalue weighted by atomic mass is 32.1. The van der Waals surface area contributed by atoms with Crippen LogP contribution in [0.15, 0.2) is 24.3 Å². The number of carbonyl (C=O) groups is 1. The van der Waals surface area contributed by atoms with E-state index in [1.807, 2.05) is 0 Å². The van der Waals surface area contributed by atoms with Crippen LogP contribution in [0.5, 0.6) is 0 Å². The molecule has 0 bridgehead atoms. The molecule has 2 heterocycles. The van der Waals surface area contributed by atoms with Gasteiger partial charge in [-0.1, -0.05) is 0 Å². The van der Waals surface area contributed by atoms with Crippen molar-refractivity contribution in [3.63, 3.8) is 0 Å². The Labute approximate surface area is 142 Å². The summed E-state index contributed by atoms with van der Waals surface area (Å²) in [5, 5.41) is 4.12. The summed E-state index contributed by atoms with van der Waals surface area (Å²) in [6.07, 6.45) is 4.36. The second-order valence-electron chi connectivity index (χ2n) is 6.01. The normalized spacial score (nSPS) is 13.8. The molecule has 2 aromatic heterocycles. The first kappa shape index (κ1) is 15.2. The number of aryl methyl sites for hydroxylation is 3. The van der Waals surface area contributed by atoms with Crippen molar-refractivity contribution >= 4 is 33.3 Å². The number of halogens is 1. The molecule has 122 valence electrons. The fraction of sp³-hybridized carbons (Fsp3) is 0.278. The molecule has 0 saturated carbocycles. The van der Waals surface area contributed by atoms with Crippen molar-refractivity contribution < 1.29 is 9.18 Å². The third-order valence-electron chi connectivity index (χ3n) is 4.28. The van der Waals surface area contributed by atoms with Crippen LogP contribution in [0.1, 0.15) is 39.5 Å². The number of carbonyl (C=O) groups excluding carboxylic acids is 1. The van der Waals surface area contributed by atoms with E-state index >= 15 is 0 Å². The van der Waals surface area contributed by atoms with Gasteiger partial charge in [0.15, 0.2) is 5.13 Å². The maximum absolute atomic E-state index is 13.4. The summed E-state index contributed by atoms with van der Waals surface area (Å²) in [4.78, 5) is 22.8. The van der Waals surface area contributed by atoms with Gasteiger partial charge in [0.1, 0.15) is 5.82 Å². The first-order valence-electron chi connectivity index (χ1n) is 7.97. The monoisotopic (exact) mass is 341 g/mol. The summed E-state index contributed by atoms with van der Waals surface area (Å²) in [5.41, 5.74) is 2.85. The zero-order valence-electron chi connectivity index (χ0n) is 13.2. The molecule has 1 amide bonds. The standard InChI is InChI=1S/C18H16FN3OS/c1-10-13(9-11-8-12(19)6-7-14(11)20-10)17(23)22-18-21-15-4-2-3-5-16(15)24-18/h6-9H,2-5H2,1H3,(H,21,22,23). The summed E-state index contributed by atoms with van der Waals surface area (Å²) in [5.74, 6) is -0.593. The molecular weight excluding hydrogens is 325 g/mol. The van der Waals surface area contributed by atoms with Crippen molar-refractivity contribution in [2.45, 2.75) is 32.6 Å². The molecule has 3 aromatic rings. The molecule has 0 unspecified atom stereocenters. The van der Waals surface area contributed by atoms with Gasteiger partial charge in [-0.3, -0.25) is 15.1 Å². The molecule has 0 spiro atoms. The second kappa shape index (κ2) is 5.94. The maximum atomic E-state index is 13.4. The van der Waals surface area contributed by atoms with E-state index in [-0.39, 0.29) is 11.7 Å². The lowest BCUT2D eigenvalue weighted by molar-refractivity contribution is 0.102. The van der Waals surface area contributed by atoms with Gasteiger partial charge in [-0.2, -0.15) is 0 Å². The molecule has 4 rings (SSSR count). The Balaban J connectivity index is 1.65. The van der Waals surface area contributed by atoms with Crippen molar-refractivity contribution in [2.75, 3.05) is 5.32 Å². The quantitative estimate of drug-likeness (QED) is 0.757. The number of nitrogens with zero attached hydrogens (tertiary/aromatic N) is 2. The summed E-state index contributed by atoms with van der Waals surface area (Å²) < 4.78 is 13.4. The van der Waals surface area contributed by atoms with Crippen molar-refractivity contribution in [1.82, 2.24) is 9.97 Å². The second-order valence-corrected chi connectivity index (χ2v) is 7.09. The highest BCUT2D eigenvalue weighted by Crippen LogP contribution is 2.30. The van der Waals surface area contributed by atoms with Gasteiger partial charge in [0.25, 0.3) is 5.91 Å². The molecule has 6 heteroatoms. The van der Waals surface area contributed by atoms with E-state index in [4.69, 9.17) is 0 Å². The van der Waals surface area contributed by atoms with Crippen molar-refractivity contribution in [2.24, 2.45) is 0 Å². The molecule has 0 aliphatic heterocycles. The minimum atomic E-state index is -0.341. The molecular formula is C18H16FN3OS. The minimum Gasteiger partial charge on any atom is -0.298 e. The van der Waals surface area contributed by atoms with Crippen LogP contribution in [0.3, 0.4) is 0 Å². The lowest BCUT2D eigenvalue weighted by Crippen LogP contribution is -2.14. The van der Waals surface area contributed by atoms with Crippen molar-refractivity contribution in [3.05, 3.63) is 51.9 Å². The lowest BCUT2D eigenvalue weighted by atomic mass is 10.0. The molecule has 1 aromatic carbocycles. The summed E-state index contributed by atoms with van der Waals surface area (Å²) >= 11 is 1.55. The molecule has 1 N–H and O–H groups in total. The van der Waals surface area contributed by atoms with Gasteiger partial charge in [0.2, 0.25) is 0 Å². The zero-order valence-corrected chi connectivity index (χ0v) is 14.0. The highest BCUT2D eigenvalue weighted by Gasteiger charge is 2.18. The fourth-order valence-corrected chi connectivity index (χ4v) is 4.09. The Hall–Kier alpha value is -2.34. The first-order chi connectivity index (χ1) is 11.6. The van der Waals surface area contributed by atoms with E-state index < -0.39 is 0 Å². The first-order valence-corrected chi connectivity index (χ1v) is 8.78. The topological polar surface area (TPSA) is 54.9 Å². The van der Waals surface area contributed by atoms with Crippen LogP contribution >= 0.6 is 11.3 Å². The largest absolute Gasteiger partial charge is 0.298 e. The number of amides is 1. The average molecular weight is 341 g/mol. The van der Waals surface area contributed by atoms with E-state index in [1.165, 1.54) is 23.4 Å². The maximum Gasteiger partial charge on any atom is 0.259 e. The number of thiazole rings is 1. The third-order valence-corrected chi connectivity index (χ3v) is 5.35. The minimum absolute atomic E-state index is 0.253. The number of benzene rings is 1. The summed E-state index contributed by atoms with van der Waals surface area (Å²) in [6.45, 7) is 1.78. The van der Waals surface area contributed by atoms with E-state index in [2.05, 4.69) is 15.3 Å². The van der Waals surface area contributed by atoms with Gasteiger partial charge >= 0.3 is 0 Å². The molecule has 0 saturated heterocycles. The number of aromatic nitrogens is 2. The number of pyridine rings is 1. The van der Waals surface area contributed by atoms with Gasteiger partial charge in [-0.15, -0.1) is 11.3 Å². The van der Waals surface area contributed by atoms with Crippen LogP contribution in [0.4, 0.5) is 9.52 Å². The summed E-state index contributed by atoms with van der Waals surface area (Å²) in [7, 11) is 0. The SMILES string of the molecule is Cc1nc2ccc(F)cc2cc1C(=O)Nc1nc2c(s1)CCCC2. The Morgan fingerprint density at radius 1 is 1.21 bits per heavy atom. The van der Waals surface area contributed by atoms with E-state index in [1.54, 1.807) is 30.4 Å². The number of hydrogen-bond donors (Lipinski definition) is 1. The van der Waals surface area contributed by atoms with Crippen LogP contribution in [0, 0.1) is 12.7 Å². The number of fused-ring (bicyclic) bond motifs is 2. The van der Waals surface area contributed by atoms with Gasteiger partial charge in [0.05, 0.1) is 22.5 Å². The van der Waals surface area contributed by atoms with Crippen LogP contribution in [0.2, 0.25) is 0 Å². The molecule has 0 atom stereocenters. The molecule has 0 fully saturated rings. The number of rotatable bonds is 2. The Morgan fingerprint density at radius 3 is 2.88 bits per heavy atom. The number of hydrogen-bond acceptors (Lipinski definition) is 4. The van der Waals surface area contributed by atoms with Gasteiger partial charge in [-0.25, -0.2) is 9.37 Å². The molecule has 0 radical (unpaired) electrons. The summed E-state index contributed by atoms with van der Waals surface area (Å²) in [6, 6.07) is 6.06. The van der Waals surface area contributed by atoms with Crippen molar-refractivity contribution in [3.8, 4) is 0 Å². The average Bonchev–Trinajstić information content (AvgIpc) is 2.96. The highest BCUT2D eigenvalue weighted by molar-refractivity contribution is 7.15. The van der Waals surface area contributed by atoms with E-state index in [0.717, 1.165) is 25.0 Å². The van der Waals surface area contributed by atoms with Crippen LogP contribution in [-0.2, 0) is 12.8 Å². The smallest absolute Gasteiger partial charge is 0.259 e. The van der Waals surface area contributed by atoms with Crippen LogP contribution in [0.25, 0.3) is 10.9 Å². The fourth-order valence-electron chi connectivity index (χ4n) is 3.04. The molecule has 1 aliphatic carbocycles. The Morgan fingerprint density at radius 2 is 2.04 bits per heavy atom. The van der Waals surface area contributed by atoms with Crippen LogP contribution in [-0.4, -0.2) is 15.9 Å². The van der Waals surface area contributed by atoms with E-state index in [9.17, 15) is 9.18 Å². The predicted molar refractivity (Wildman–Crippen MR) is 93.1 cm³/mol. The lowest BCUT2D eigenvalue weighted by Gasteiger charge is -2.07. The molecule has 1 aliphatic rings. The van der Waals surface area contributed by atoms with E-state index in [0.29, 0.717) is 27.3 Å². The Kier molecular flexibility index (Phi) is 3.76.